The molecule has 88 valence electrons. The molecular formula is C14H15BrN2. The van der Waals surface area contributed by atoms with Gasteiger partial charge in [0.25, 0.3) is 0 Å². The Bertz CT molecular complexity index is 537. The average molecular weight is 291 g/mol. The van der Waals surface area contributed by atoms with E-state index in [0.717, 1.165) is 22.1 Å². The van der Waals surface area contributed by atoms with Crippen LogP contribution in [0.3, 0.4) is 0 Å². The Kier molecular flexibility index (Phi) is 3.79. The van der Waals surface area contributed by atoms with Crippen molar-refractivity contribution < 1.29 is 0 Å². The summed E-state index contributed by atoms with van der Waals surface area (Å²) in [6.45, 7) is 5.88. The molecule has 1 aromatic heterocycles. The van der Waals surface area contributed by atoms with Gasteiger partial charge in [-0.1, -0.05) is 34.1 Å². The maximum Gasteiger partial charge on any atom is 0.134 e. The summed E-state index contributed by atoms with van der Waals surface area (Å²) in [5, 5.41) is 5.72. The highest BCUT2D eigenvalue weighted by molar-refractivity contribution is 9.10. The van der Waals surface area contributed by atoms with E-state index in [0.29, 0.717) is 6.04 Å². The third-order valence-corrected chi connectivity index (χ3v) is 3.35. The standard InChI is InChI=1S/C14H15BrN2/c1-3-5-10(2)17-14-12-6-4-7-13(15)11(12)8-9-16-14/h3-4,6-10H,1,5H2,2H3,(H,16,17). The number of pyridine rings is 1. The van der Waals surface area contributed by atoms with Gasteiger partial charge in [0.15, 0.2) is 0 Å². The lowest BCUT2D eigenvalue weighted by atomic mass is 10.1. The zero-order valence-electron chi connectivity index (χ0n) is 9.78. The minimum absolute atomic E-state index is 0.338. The van der Waals surface area contributed by atoms with E-state index >= 15 is 0 Å². The Morgan fingerprint density at radius 3 is 3.00 bits per heavy atom. The number of halogens is 1. The normalized spacial score (nSPS) is 12.4. The maximum absolute atomic E-state index is 4.40. The fourth-order valence-corrected chi connectivity index (χ4v) is 2.32. The zero-order chi connectivity index (χ0) is 12.3. The molecule has 0 amide bonds. The minimum Gasteiger partial charge on any atom is -0.367 e. The van der Waals surface area contributed by atoms with Crippen LogP contribution < -0.4 is 5.32 Å². The van der Waals surface area contributed by atoms with Gasteiger partial charge in [0.05, 0.1) is 0 Å². The van der Waals surface area contributed by atoms with Gasteiger partial charge < -0.3 is 5.32 Å². The number of benzene rings is 1. The van der Waals surface area contributed by atoms with E-state index in [1.807, 2.05) is 30.5 Å². The molecule has 0 radical (unpaired) electrons. The Morgan fingerprint density at radius 1 is 1.41 bits per heavy atom. The summed E-state index contributed by atoms with van der Waals surface area (Å²) >= 11 is 3.56. The lowest BCUT2D eigenvalue weighted by Gasteiger charge is -2.14. The van der Waals surface area contributed by atoms with Gasteiger partial charge in [-0.2, -0.15) is 0 Å². The molecule has 1 atom stereocenters. The van der Waals surface area contributed by atoms with Crippen LogP contribution >= 0.6 is 15.9 Å². The zero-order valence-corrected chi connectivity index (χ0v) is 11.4. The lowest BCUT2D eigenvalue weighted by Crippen LogP contribution is -2.15. The van der Waals surface area contributed by atoms with E-state index in [2.05, 4.69) is 45.8 Å². The molecular weight excluding hydrogens is 276 g/mol. The number of rotatable bonds is 4. The second-order valence-electron chi connectivity index (χ2n) is 4.06. The molecule has 1 N–H and O–H groups in total. The molecule has 0 saturated carbocycles. The van der Waals surface area contributed by atoms with Crippen molar-refractivity contribution in [1.82, 2.24) is 4.98 Å². The number of aromatic nitrogens is 1. The van der Waals surface area contributed by atoms with Crippen molar-refractivity contribution in [1.29, 1.82) is 0 Å². The second kappa shape index (κ2) is 5.32. The molecule has 2 nitrogen and oxygen atoms in total. The van der Waals surface area contributed by atoms with Crippen molar-refractivity contribution in [3.8, 4) is 0 Å². The Hall–Kier alpha value is -1.35. The first-order chi connectivity index (χ1) is 8.22. The Morgan fingerprint density at radius 2 is 2.24 bits per heavy atom. The molecule has 2 rings (SSSR count). The molecule has 0 spiro atoms. The van der Waals surface area contributed by atoms with Crippen LogP contribution in [0.25, 0.3) is 10.8 Å². The maximum atomic E-state index is 4.40. The topological polar surface area (TPSA) is 24.9 Å². The van der Waals surface area contributed by atoms with Crippen molar-refractivity contribution in [2.24, 2.45) is 0 Å². The molecule has 0 saturated heterocycles. The molecule has 3 heteroatoms. The first-order valence-corrected chi connectivity index (χ1v) is 6.42. The van der Waals surface area contributed by atoms with Crippen LogP contribution in [0, 0.1) is 0 Å². The quantitative estimate of drug-likeness (QED) is 0.846. The highest BCUT2D eigenvalue weighted by Gasteiger charge is 2.06. The van der Waals surface area contributed by atoms with Crippen molar-refractivity contribution in [3.05, 3.63) is 47.6 Å². The minimum atomic E-state index is 0.338. The monoisotopic (exact) mass is 290 g/mol. The van der Waals surface area contributed by atoms with E-state index in [9.17, 15) is 0 Å². The SMILES string of the molecule is C=CCC(C)Nc1nccc2c(Br)cccc12. The van der Waals surface area contributed by atoms with Crippen molar-refractivity contribution in [2.75, 3.05) is 5.32 Å². The molecule has 0 aliphatic heterocycles. The van der Waals surface area contributed by atoms with E-state index < -0.39 is 0 Å². The third-order valence-electron chi connectivity index (χ3n) is 2.66. The molecule has 0 bridgehead atoms. The fourth-order valence-electron chi connectivity index (χ4n) is 1.83. The van der Waals surface area contributed by atoms with Crippen molar-refractivity contribution in [3.63, 3.8) is 0 Å². The van der Waals surface area contributed by atoms with Crippen LogP contribution in [-0.2, 0) is 0 Å². The largest absolute Gasteiger partial charge is 0.367 e. The molecule has 2 aromatic rings. The van der Waals surface area contributed by atoms with Gasteiger partial charge in [-0.15, -0.1) is 6.58 Å². The first-order valence-electron chi connectivity index (χ1n) is 5.63. The van der Waals surface area contributed by atoms with Crippen LogP contribution in [0.15, 0.2) is 47.6 Å². The molecule has 1 heterocycles. The summed E-state index contributed by atoms with van der Waals surface area (Å²) in [6, 6.07) is 8.50. The van der Waals surface area contributed by atoms with E-state index in [1.54, 1.807) is 0 Å². The number of anilines is 1. The van der Waals surface area contributed by atoms with Crippen LogP contribution in [0.2, 0.25) is 0 Å². The van der Waals surface area contributed by atoms with Crippen molar-refractivity contribution in [2.45, 2.75) is 19.4 Å². The molecule has 1 unspecified atom stereocenters. The fraction of sp³-hybridized carbons (Fsp3) is 0.214. The Balaban J connectivity index is 2.41. The molecule has 0 fully saturated rings. The first kappa shape index (κ1) is 12.1. The summed E-state index contributed by atoms with van der Waals surface area (Å²) in [5.74, 6) is 0.929. The van der Waals surface area contributed by atoms with Gasteiger partial charge in [0, 0.05) is 27.5 Å². The van der Waals surface area contributed by atoms with E-state index in [4.69, 9.17) is 0 Å². The summed E-state index contributed by atoms with van der Waals surface area (Å²) in [5.41, 5.74) is 0. The number of fused-ring (bicyclic) bond motifs is 1. The predicted octanol–water partition coefficient (Wildman–Crippen LogP) is 4.37. The number of nitrogens with one attached hydrogen (secondary N) is 1. The van der Waals surface area contributed by atoms with Crippen LogP contribution in [0.4, 0.5) is 5.82 Å². The number of nitrogens with zero attached hydrogens (tertiary/aromatic N) is 1. The number of hydrogen-bond acceptors (Lipinski definition) is 2. The highest BCUT2D eigenvalue weighted by Crippen LogP contribution is 2.28. The average Bonchev–Trinajstić information content (AvgIpc) is 2.31. The van der Waals surface area contributed by atoms with Gasteiger partial charge in [-0.3, -0.25) is 0 Å². The van der Waals surface area contributed by atoms with Gasteiger partial charge in [0.1, 0.15) is 5.82 Å². The van der Waals surface area contributed by atoms with Crippen LogP contribution in [0.1, 0.15) is 13.3 Å². The van der Waals surface area contributed by atoms with E-state index in [1.165, 1.54) is 5.39 Å². The summed E-state index contributed by atoms with van der Waals surface area (Å²) < 4.78 is 1.09. The van der Waals surface area contributed by atoms with Crippen molar-refractivity contribution >= 4 is 32.5 Å². The van der Waals surface area contributed by atoms with Crippen LogP contribution in [0.5, 0.6) is 0 Å². The smallest absolute Gasteiger partial charge is 0.134 e. The second-order valence-corrected chi connectivity index (χ2v) is 4.92. The van der Waals surface area contributed by atoms with Gasteiger partial charge in [0.2, 0.25) is 0 Å². The summed E-state index contributed by atoms with van der Waals surface area (Å²) in [7, 11) is 0. The summed E-state index contributed by atoms with van der Waals surface area (Å²) in [6.07, 6.45) is 4.67. The molecule has 0 aliphatic rings. The van der Waals surface area contributed by atoms with Crippen LogP contribution in [-0.4, -0.2) is 11.0 Å². The number of hydrogen-bond donors (Lipinski definition) is 1. The third kappa shape index (κ3) is 2.67. The van der Waals surface area contributed by atoms with Gasteiger partial charge in [-0.05, 0) is 25.5 Å². The van der Waals surface area contributed by atoms with Gasteiger partial charge in [-0.25, -0.2) is 4.98 Å². The molecule has 0 aliphatic carbocycles. The van der Waals surface area contributed by atoms with Gasteiger partial charge >= 0.3 is 0 Å². The molecule has 17 heavy (non-hydrogen) atoms. The van der Waals surface area contributed by atoms with E-state index in [-0.39, 0.29) is 0 Å². The lowest BCUT2D eigenvalue weighted by molar-refractivity contribution is 0.809. The highest BCUT2D eigenvalue weighted by atomic mass is 79.9. The summed E-state index contributed by atoms with van der Waals surface area (Å²) in [4.78, 5) is 4.40. The Labute approximate surface area is 110 Å². The predicted molar refractivity (Wildman–Crippen MR) is 77.3 cm³/mol. The molecule has 1 aromatic carbocycles.